The van der Waals surface area contributed by atoms with Gasteiger partial charge < -0.3 is 32.8 Å². The average Bonchev–Trinajstić information content (AvgIpc) is 2.87. The zero-order valence-electron chi connectivity index (χ0n) is 22.5. The van der Waals surface area contributed by atoms with Crippen molar-refractivity contribution in [2.24, 2.45) is 0 Å². The van der Waals surface area contributed by atoms with Crippen molar-refractivity contribution in [1.82, 2.24) is 5.32 Å². The third-order valence-corrected chi connectivity index (χ3v) is 8.28. The van der Waals surface area contributed by atoms with Crippen molar-refractivity contribution < 1.29 is 41.5 Å². The van der Waals surface area contributed by atoms with Gasteiger partial charge in [0.2, 0.25) is 0 Å². The van der Waals surface area contributed by atoms with Crippen molar-refractivity contribution in [3.63, 3.8) is 0 Å². The summed E-state index contributed by atoms with van der Waals surface area (Å²) in [5.74, 6) is -0.836. The molecule has 0 fully saturated rings. The van der Waals surface area contributed by atoms with Gasteiger partial charge in [-0.25, -0.2) is 14.0 Å². The summed E-state index contributed by atoms with van der Waals surface area (Å²) in [5, 5.41) is 2.74. The predicted molar refractivity (Wildman–Crippen MR) is 141 cm³/mol. The monoisotopic (exact) mass is 543 g/mol. The Hall–Kier alpha value is -2.47. The highest BCUT2D eigenvalue weighted by Gasteiger charge is 2.39. The molecule has 0 bridgehead atoms. The molecular weight excluding hydrogens is 501 g/mol. The van der Waals surface area contributed by atoms with E-state index in [1.807, 2.05) is 20.8 Å². The second kappa shape index (κ2) is 19.6. The van der Waals surface area contributed by atoms with Crippen molar-refractivity contribution in [1.29, 1.82) is 0 Å². The first-order valence-corrected chi connectivity index (χ1v) is 14.8. The lowest BCUT2D eigenvalue weighted by Gasteiger charge is -2.28. The number of amides is 1. The summed E-state index contributed by atoms with van der Waals surface area (Å²) < 4.78 is 46.2. The smallest absolute Gasteiger partial charge is 0.494 e. The second-order valence-corrected chi connectivity index (χ2v) is 10.7. The van der Waals surface area contributed by atoms with Gasteiger partial charge in [0, 0.05) is 38.5 Å². The van der Waals surface area contributed by atoms with Crippen LogP contribution in [0, 0.1) is 5.82 Å². The number of esters is 1. The SMILES string of the molecule is CCO[Si](CCCNC(=O)OCCCCCCOC(=O)/C=C/c1ccc(OC)c(F)c1)(OCC)OCC. The van der Waals surface area contributed by atoms with Crippen LogP contribution in [-0.2, 0) is 27.5 Å². The number of alkyl carbamates (subject to hydrolysis) is 1. The fourth-order valence-electron chi connectivity index (χ4n) is 3.44. The molecular formula is C26H42FNO8Si. The minimum absolute atomic E-state index is 0.146. The van der Waals surface area contributed by atoms with Crippen LogP contribution >= 0.6 is 0 Å². The molecule has 1 N–H and O–H groups in total. The van der Waals surface area contributed by atoms with E-state index < -0.39 is 26.7 Å². The Balaban J connectivity index is 2.09. The molecule has 0 atom stereocenters. The first-order valence-electron chi connectivity index (χ1n) is 12.9. The summed E-state index contributed by atoms with van der Waals surface area (Å²) in [4.78, 5) is 23.6. The number of benzene rings is 1. The van der Waals surface area contributed by atoms with E-state index in [0.29, 0.717) is 57.4 Å². The van der Waals surface area contributed by atoms with Gasteiger partial charge >= 0.3 is 20.9 Å². The van der Waals surface area contributed by atoms with Crippen molar-refractivity contribution in [2.75, 3.05) is 46.7 Å². The lowest BCUT2D eigenvalue weighted by molar-refractivity contribution is -0.137. The molecule has 0 radical (unpaired) electrons. The molecule has 0 aromatic heterocycles. The van der Waals surface area contributed by atoms with E-state index >= 15 is 0 Å². The molecule has 0 heterocycles. The molecule has 0 spiro atoms. The van der Waals surface area contributed by atoms with Crippen molar-refractivity contribution in [2.45, 2.75) is 58.9 Å². The van der Waals surface area contributed by atoms with E-state index in [4.69, 9.17) is 27.5 Å². The maximum Gasteiger partial charge on any atom is 0.500 e. The molecule has 0 aliphatic heterocycles. The third kappa shape index (κ3) is 14.2. The lowest BCUT2D eigenvalue weighted by atomic mass is 10.2. The van der Waals surface area contributed by atoms with Gasteiger partial charge in [-0.1, -0.05) is 6.07 Å². The molecule has 0 saturated carbocycles. The number of unbranched alkanes of at least 4 members (excludes halogenated alkanes) is 3. The zero-order chi connectivity index (χ0) is 27.4. The fourth-order valence-corrected chi connectivity index (χ4v) is 6.05. The quantitative estimate of drug-likeness (QED) is 0.105. The van der Waals surface area contributed by atoms with E-state index in [1.54, 1.807) is 6.07 Å². The number of methoxy groups -OCH3 is 1. The number of hydrogen-bond acceptors (Lipinski definition) is 8. The van der Waals surface area contributed by atoms with Crippen LogP contribution in [-0.4, -0.2) is 67.6 Å². The second-order valence-electron chi connectivity index (χ2n) is 7.96. The minimum Gasteiger partial charge on any atom is -0.494 e. The van der Waals surface area contributed by atoms with Gasteiger partial charge in [0.05, 0.1) is 20.3 Å². The average molecular weight is 544 g/mol. The molecule has 1 aromatic carbocycles. The van der Waals surface area contributed by atoms with Crippen molar-refractivity contribution in [3.05, 3.63) is 35.7 Å². The van der Waals surface area contributed by atoms with Crippen LogP contribution in [0.2, 0.25) is 6.04 Å². The zero-order valence-corrected chi connectivity index (χ0v) is 23.5. The number of carbonyl (C=O) groups excluding carboxylic acids is 2. The largest absolute Gasteiger partial charge is 0.500 e. The highest BCUT2D eigenvalue weighted by Crippen LogP contribution is 2.19. The summed E-state index contributed by atoms with van der Waals surface area (Å²) in [6, 6.07) is 5.05. The molecule has 1 aromatic rings. The molecule has 210 valence electrons. The van der Waals surface area contributed by atoms with Crippen LogP contribution in [0.25, 0.3) is 6.08 Å². The molecule has 0 unspecified atom stereocenters. The Morgan fingerprint density at radius 2 is 1.54 bits per heavy atom. The maximum atomic E-state index is 13.7. The van der Waals surface area contributed by atoms with Gasteiger partial charge in [0.1, 0.15) is 0 Å². The Kier molecular flexibility index (Phi) is 17.3. The Morgan fingerprint density at radius 1 is 0.919 bits per heavy atom. The van der Waals surface area contributed by atoms with E-state index in [9.17, 15) is 14.0 Å². The van der Waals surface area contributed by atoms with Gasteiger partial charge in [-0.05, 0) is 76.6 Å². The number of ether oxygens (including phenoxy) is 3. The number of carbonyl (C=O) groups is 2. The molecule has 37 heavy (non-hydrogen) atoms. The summed E-state index contributed by atoms with van der Waals surface area (Å²) in [6.45, 7) is 8.36. The first-order chi connectivity index (χ1) is 17.9. The van der Waals surface area contributed by atoms with E-state index in [1.165, 1.54) is 31.4 Å². The Labute approximate surface area is 221 Å². The molecule has 1 amide bonds. The van der Waals surface area contributed by atoms with Gasteiger partial charge in [-0.2, -0.15) is 0 Å². The topological polar surface area (TPSA) is 102 Å². The lowest BCUT2D eigenvalue weighted by Crippen LogP contribution is -2.46. The Morgan fingerprint density at radius 3 is 2.11 bits per heavy atom. The summed E-state index contributed by atoms with van der Waals surface area (Å²) >= 11 is 0. The highest BCUT2D eigenvalue weighted by atomic mass is 28.4. The number of nitrogens with one attached hydrogen (secondary N) is 1. The number of rotatable bonds is 20. The molecule has 9 nitrogen and oxygen atoms in total. The van der Waals surface area contributed by atoms with Crippen LogP contribution in [0.1, 0.15) is 58.4 Å². The highest BCUT2D eigenvalue weighted by molar-refractivity contribution is 6.60. The summed E-state index contributed by atoms with van der Waals surface area (Å²) in [7, 11) is -1.30. The van der Waals surface area contributed by atoms with Crippen LogP contribution in [0.15, 0.2) is 24.3 Å². The first kappa shape index (κ1) is 32.6. The van der Waals surface area contributed by atoms with Gasteiger partial charge in [-0.3, -0.25) is 0 Å². The van der Waals surface area contributed by atoms with E-state index in [2.05, 4.69) is 5.32 Å². The normalized spacial score (nSPS) is 11.5. The van der Waals surface area contributed by atoms with Crippen LogP contribution in [0.3, 0.4) is 0 Å². The molecule has 0 saturated heterocycles. The minimum atomic E-state index is -2.69. The standard InChI is InChI=1S/C26H42FNO8Si/c1-5-34-37(35-6-2,36-7-3)20-12-17-28-26(30)33-19-11-9-8-10-18-32-25(29)16-14-22-13-15-24(31-4)23(27)21-22/h13-16,21H,5-12,17-20H2,1-4H3,(H,28,30)/b16-14+. The van der Waals surface area contributed by atoms with Gasteiger partial charge in [0.25, 0.3) is 0 Å². The van der Waals surface area contributed by atoms with Crippen molar-refractivity contribution >= 4 is 26.9 Å². The summed E-state index contributed by atoms with van der Waals surface area (Å²) in [6.07, 6.45) is 6.08. The third-order valence-electron chi connectivity index (χ3n) is 5.13. The van der Waals surface area contributed by atoms with Crippen LogP contribution in [0.5, 0.6) is 5.75 Å². The molecule has 0 aliphatic rings. The molecule has 1 rings (SSSR count). The van der Waals surface area contributed by atoms with E-state index in [-0.39, 0.29) is 12.4 Å². The maximum absolute atomic E-state index is 13.7. The van der Waals surface area contributed by atoms with E-state index in [0.717, 1.165) is 19.3 Å². The van der Waals surface area contributed by atoms with Gasteiger partial charge in [0.15, 0.2) is 11.6 Å². The predicted octanol–water partition coefficient (Wildman–Crippen LogP) is 5.12. The Bertz CT molecular complexity index is 807. The number of hydrogen-bond donors (Lipinski definition) is 1. The van der Waals surface area contributed by atoms with Crippen molar-refractivity contribution in [3.8, 4) is 5.75 Å². The summed E-state index contributed by atoms with van der Waals surface area (Å²) in [5.41, 5.74) is 0.538. The molecule has 11 heteroatoms. The van der Waals surface area contributed by atoms with Crippen LogP contribution in [0.4, 0.5) is 9.18 Å². The molecule has 0 aliphatic carbocycles. The number of halogens is 1. The van der Waals surface area contributed by atoms with Crippen LogP contribution < -0.4 is 10.1 Å². The fraction of sp³-hybridized carbons (Fsp3) is 0.615. The van der Waals surface area contributed by atoms with Gasteiger partial charge in [-0.15, -0.1) is 0 Å².